The number of thiazole rings is 1. The Balaban J connectivity index is 2.11. The summed E-state index contributed by atoms with van der Waals surface area (Å²) in [6, 6.07) is 3.96. The van der Waals surface area contributed by atoms with Crippen LogP contribution in [0.15, 0.2) is 29.8 Å². The van der Waals surface area contributed by atoms with E-state index in [9.17, 15) is 31.1 Å². The van der Waals surface area contributed by atoms with Crippen LogP contribution < -0.4 is 10.1 Å². The number of nitrogens with zero attached hydrogens (tertiary/aromatic N) is 1. The highest BCUT2D eigenvalue weighted by Crippen LogP contribution is 2.33. The molecule has 0 spiro atoms. The van der Waals surface area contributed by atoms with Gasteiger partial charge in [0.05, 0.1) is 5.51 Å². The van der Waals surface area contributed by atoms with E-state index in [4.69, 9.17) is 0 Å². The lowest BCUT2D eigenvalue weighted by Gasteiger charge is -2.10. The number of hydrogen-bond acceptors (Lipinski definition) is 4. The second kappa shape index (κ2) is 6.07. The van der Waals surface area contributed by atoms with Crippen LogP contribution in [0.4, 0.5) is 32.0 Å². The summed E-state index contributed by atoms with van der Waals surface area (Å²) in [6.45, 7) is 0. The smallest absolute Gasteiger partial charge is 0.406 e. The van der Waals surface area contributed by atoms with Crippen molar-refractivity contribution < 1.29 is 35.9 Å². The Morgan fingerprint density at radius 3 is 2.22 bits per heavy atom. The van der Waals surface area contributed by atoms with Gasteiger partial charge in [0.1, 0.15) is 10.6 Å². The van der Waals surface area contributed by atoms with Gasteiger partial charge in [-0.05, 0) is 24.3 Å². The highest BCUT2D eigenvalue weighted by atomic mass is 32.1. The van der Waals surface area contributed by atoms with Gasteiger partial charge in [0.25, 0.3) is 5.91 Å². The van der Waals surface area contributed by atoms with E-state index in [2.05, 4.69) is 15.0 Å². The fraction of sp³-hybridized carbons (Fsp3) is 0.167. The van der Waals surface area contributed by atoms with E-state index in [-0.39, 0.29) is 5.69 Å². The largest absolute Gasteiger partial charge is 0.573 e. The topological polar surface area (TPSA) is 51.2 Å². The van der Waals surface area contributed by atoms with Crippen molar-refractivity contribution in [3.8, 4) is 5.75 Å². The Bertz CT molecular complexity index is 693. The number of rotatable bonds is 3. The monoisotopic (exact) mass is 356 g/mol. The third-order valence-corrected chi connectivity index (χ3v) is 3.21. The highest BCUT2D eigenvalue weighted by molar-refractivity contribution is 7.12. The van der Waals surface area contributed by atoms with E-state index >= 15 is 0 Å². The molecule has 1 amide bonds. The Morgan fingerprint density at radius 1 is 1.09 bits per heavy atom. The number of alkyl halides is 6. The van der Waals surface area contributed by atoms with Gasteiger partial charge in [0.15, 0.2) is 5.69 Å². The molecule has 23 heavy (non-hydrogen) atoms. The number of carbonyl (C=O) groups is 1. The summed E-state index contributed by atoms with van der Waals surface area (Å²) in [5.41, 5.74) is -0.444. The predicted octanol–water partition coefficient (Wildman–Crippen LogP) is 4.31. The molecular formula is C12H6F6N2O2S. The molecule has 0 saturated carbocycles. The van der Waals surface area contributed by atoms with Crippen LogP contribution in [-0.2, 0) is 6.18 Å². The van der Waals surface area contributed by atoms with Gasteiger partial charge in [-0.15, -0.1) is 24.5 Å². The molecule has 1 N–H and O–H groups in total. The van der Waals surface area contributed by atoms with Gasteiger partial charge < -0.3 is 10.1 Å². The molecule has 1 heterocycles. The Morgan fingerprint density at radius 2 is 1.70 bits per heavy atom. The normalized spacial score (nSPS) is 12.1. The van der Waals surface area contributed by atoms with Gasteiger partial charge in [-0.2, -0.15) is 13.2 Å². The molecule has 0 aliphatic carbocycles. The number of anilines is 1. The van der Waals surface area contributed by atoms with Crippen molar-refractivity contribution in [3.05, 3.63) is 40.3 Å². The van der Waals surface area contributed by atoms with E-state index in [1.165, 1.54) is 0 Å². The summed E-state index contributed by atoms with van der Waals surface area (Å²) >= 11 is 0.498. The minimum atomic E-state index is -4.87. The summed E-state index contributed by atoms with van der Waals surface area (Å²) in [5.74, 6) is -1.59. The first-order valence-corrected chi connectivity index (χ1v) is 6.62. The Hall–Kier alpha value is -2.30. The van der Waals surface area contributed by atoms with Gasteiger partial charge in [-0.25, -0.2) is 4.98 Å². The van der Waals surface area contributed by atoms with Crippen molar-refractivity contribution in [2.24, 2.45) is 0 Å². The highest BCUT2D eigenvalue weighted by Gasteiger charge is 2.38. The lowest BCUT2D eigenvalue weighted by Crippen LogP contribution is -2.18. The third-order valence-electron chi connectivity index (χ3n) is 2.39. The lowest BCUT2D eigenvalue weighted by atomic mass is 10.3. The zero-order valence-electron chi connectivity index (χ0n) is 10.8. The van der Waals surface area contributed by atoms with Crippen LogP contribution in [0.1, 0.15) is 15.4 Å². The molecule has 0 unspecified atom stereocenters. The summed E-state index contributed by atoms with van der Waals surface area (Å²) in [5, 5.41) is 2.14. The maximum Gasteiger partial charge on any atom is 0.573 e. The van der Waals surface area contributed by atoms with Crippen LogP contribution in [0, 0.1) is 0 Å². The van der Waals surface area contributed by atoms with Crippen LogP contribution in [0.3, 0.4) is 0 Å². The fourth-order valence-electron chi connectivity index (χ4n) is 1.54. The molecule has 4 nitrogen and oxygen atoms in total. The van der Waals surface area contributed by atoms with Crippen LogP contribution >= 0.6 is 11.3 Å². The molecule has 0 fully saturated rings. The van der Waals surface area contributed by atoms with E-state index in [0.717, 1.165) is 29.8 Å². The fourth-order valence-corrected chi connectivity index (χ4v) is 2.24. The first-order valence-electron chi connectivity index (χ1n) is 5.74. The SMILES string of the molecule is O=C(Nc1ccc(OC(F)(F)F)cc1)c1scnc1C(F)(F)F. The lowest BCUT2D eigenvalue weighted by molar-refractivity contribution is -0.274. The quantitative estimate of drug-likeness (QED) is 0.834. The first-order chi connectivity index (χ1) is 10.6. The van der Waals surface area contributed by atoms with E-state index in [1.807, 2.05) is 0 Å². The number of benzene rings is 1. The molecular weight excluding hydrogens is 350 g/mol. The molecule has 0 aliphatic heterocycles. The zero-order valence-corrected chi connectivity index (χ0v) is 11.6. The van der Waals surface area contributed by atoms with Crippen molar-refractivity contribution in [1.29, 1.82) is 0 Å². The van der Waals surface area contributed by atoms with Crippen molar-refractivity contribution >= 4 is 22.9 Å². The minimum Gasteiger partial charge on any atom is -0.406 e. The molecule has 0 atom stereocenters. The summed E-state index contributed by atoms with van der Waals surface area (Å²) in [6.07, 6.45) is -9.65. The zero-order chi connectivity index (χ0) is 17.3. The number of carbonyl (C=O) groups excluding carboxylic acids is 1. The maximum atomic E-state index is 12.6. The summed E-state index contributed by atoms with van der Waals surface area (Å²) in [7, 11) is 0. The van der Waals surface area contributed by atoms with Crippen molar-refractivity contribution in [2.75, 3.05) is 5.32 Å². The van der Waals surface area contributed by atoms with Crippen LogP contribution in [0.2, 0.25) is 0 Å². The van der Waals surface area contributed by atoms with Crippen LogP contribution in [0.25, 0.3) is 0 Å². The molecule has 0 saturated heterocycles. The molecule has 2 aromatic rings. The average molecular weight is 356 g/mol. The second-order valence-corrected chi connectivity index (χ2v) is 4.91. The average Bonchev–Trinajstić information content (AvgIpc) is 2.88. The maximum absolute atomic E-state index is 12.6. The molecule has 11 heteroatoms. The summed E-state index contributed by atoms with van der Waals surface area (Å²) < 4.78 is 77.5. The standard InChI is InChI=1S/C12H6F6N2O2S/c13-11(14,15)9-8(23-5-19-9)10(21)20-6-1-3-7(4-2-6)22-12(16,17)18/h1-5H,(H,20,21). The van der Waals surface area contributed by atoms with Gasteiger partial charge in [-0.1, -0.05) is 0 Å². The van der Waals surface area contributed by atoms with E-state index in [0.29, 0.717) is 11.3 Å². The van der Waals surface area contributed by atoms with Gasteiger partial charge in [0, 0.05) is 5.69 Å². The first kappa shape index (κ1) is 17.1. The van der Waals surface area contributed by atoms with E-state index < -0.39 is 34.8 Å². The van der Waals surface area contributed by atoms with Gasteiger partial charge >= 0.3 is 12.5 Å². The molecule has 2 rings (SSSR count). The number of hydrogen-bond donors (Lipinski definition) is 1. The molecule has 0 bridgehead atoms. The predicted molar refractivity (Wildman–Crippen MR) is 68.2 cm³/mol. The molecule has 124 valence electrons. The molecule has 0 radical (unpaired) electrons. The van der Waals surface area contributed by atoms with Crippen LogP contribution in [0.5, 0.6) is 5.75 Å². The Kier molecular flexibility index (Phi) is 4.50. The molecule has 0 aliphatic rings. The Labute approximate surface area is 128 Å². The summed E-state index contributed by atoms with van der Waals surface area (Å²) in [4.78, 5) is 14.3. The number of halogens is 6. The van der Waals surface area contributed by atoms with Gasteiger partial charge in [-0.3, -0.25) is 4.79 Å². The van der Waals surface area contributed by atoms with Crippen LogP contribution in [-0.4, -0.2) is 17.3 Å². The van der Waals surface area contributed by atoms with Crippen molar-refractivity contribution in [2.45, 2.75) is 12.5 Å². The molecule has 1 aromatic carbocycles. The van der Waals surface area contributed by atoms with Crippen molar-refractivity contribution in [1.82, 2.24) is 4.98 Å². The number of amides is 1. The number of ether oxygens (including phenoxy) is 1. The van der Waals surface area contributed by atoms with Crippen molar-refractivity contribution in [3.63, 3.8) is 0 Å². The minimum absolute atomic E-state index is 0.00560. The second-order valence-electron chi connectivity index (χ2n) is 4.05. The van der Waals surface area contributed by atoms with E-state index in [1.54, 1.807) is 0 Å². The number of aromatic nitrogens is 1. The molecule has 1 aromatic heterocycles. The third kappa shape index (κ3) is 4.58. The van der Waals surface area contributed by atoms with Gasteiger partial charge in [0.2, 0.25) is 0 Å². The number of nitrogens with one attached hydrogen (secondary N) is 1.